The summed E-state index contributed by atoms with van der Waals surface area (Å²) in [6, 6.07) is 18.8. The molecule has 0 saturated carbocycles. The van der Waals surface area contributed by atoms with Crippen molar-refractivity contribution in [2.45, 2.75) is 63.1 Å². The first-order valence-electron chi connectivity index (χ1n) is 17.3. The van der Waals surface area contributed by atoms with Gasteiger partial charge in [0, 0.05) is 55.4 Å². The number of amides is 2. The average molecular weight is 702 g/mol. The Morgan fingerprint density at radius 1 is 1.14 bits per heavy atom. The lowest BCUT2D eigenvalue weighted by Crippen LogP contribution is -2.69. The second kappa shape index (κ2) is 14.1. The van der Waals surface area contributed by atoms with Crippen molar-refractivity contribution in [3.8, 4) is 5.75 Å². The third-order valence-electron chi connectivity index (χ3n) is 10.4. The molecule has 2 fully saturated rings. The minimum atomic E-state index is -1.35. The molecule has 12 nitrogen and oxygen atoms in total. The number of guanidine groups is 1. The van der Waals surface area contributed by atoms with E-state index in [9.17, 15) is 9.50 Å². The molecule has 3 aliphatic rings. The van der Waals surface area contributed by atoms with Crippen molar-refractivity contribution in [2.24, 2.45) is 5.10 Å². The molecule has 4 heterocycles. The zero-order valence-electron chi connectivity index (χ0n) is 28.9. The van der Waals surface area contributed by atoms with Crippen LogP contribution in [0.5, 0.6) is 5.75 Å². The SMILES string of the molecule is CCC([C@H](C)O)N1N=C(N2CCNCC2c2ccccc2OC)[N+](c2ccccc2)(C2COC(Cn3cncn3)(c3ccc(F)cc3F)C2)C1=O. The van der Waals surface area contributed by atoms with Gasteiger partial charge in [0.1, 0.15) is 54.0 Å². The highest BCUT2D eigenvalue weighted by atomic mass is 19.1. The lowest BCUT2D eigenvalue weighted by Gasteiger charge is -2.44. The lowest BCUT2D eigenvalue weighted by atomic mass is 9.87. The van der Waals surface area contributed by atoms with Gasteiger partial charge in [-0.1, -0.05) is 54.5 Å². The fourth-order valence-electron chi connectivity index (χ4n) is 8.05. The van der Waals surface area contributed by atoms with Crippen LogP contribution >= 0.6 is 0 Å². The topological polar surface area (TPSA) is 117 Å². The van der Waals surface area contributed by atoms with E-state index in [-0.39, 0.29) is 41.7 Å². The van der Waals surface area contributed by atoms with Gasteiger partial charge in [-0.2, -0.15) is 10.1 Å². The molecule has 2 amide bonds. The number of piperazine rings is 1. The molecule has 6 atom stereocenters. The van der Waals surface area contributed by atoms with Crippen LogP contribution in [0.15, 0.2) is 90.6 Å². The first-order valence-corrected chi connectivity index (χ1v) is 17.3. The summed E-state index contributed by atoms with van der Waals surface area (Å²) in [5.74, 6) is -0.302. The van der Waals surface area contributed by atoms with Crippen molar-refractivity contribution in [1.29, 1.82) is 0 Å². The summed E-state index contributed by atoms with van der Waals surface area (Å²) in [6.45, 7) is 5.34. The van der Waals surface area contributed by atoms with E-state index >= 15 is 9.18 Å². The molecule has 0 bridgehead atoms. The minimum Gasteiger partial charge on any atom is -0.496 e. The Morgan fingerprint density at radius 2 is 1.92 bits per heavy atom. The second-order valence-electron chi connectivity index (χ2n) is 13.3. The number of rotatable bonds is 10. The Kier molecular flexibility index (Phi) is 9.59. The fourth-order valence-corrected chi connectivity index (χ4v) is 8.05. The van der Waals surface area contributed by atoms with Crippen LogP contribution in [-0.2, 0) is 16.9 Å². The van der Waals surface area contributed by atoms with E-state index in [1.54, 1.807) is 18.7 Å². The van der Waals surface area contributed by atoms with Crippen LogP contribution in [0.1, 0.15) is 43.9 Å². The number of carbonyl (C=O) groups is 1. The van der Waals surface area contributed by atoms with Crippen molar-refractivity contribution in [3.05, 3.63) is 108 Å². The summed E-state index contributed by atoms with van der Waals surface area (Å²) in [6.07, 6.45) is 2.61. The molecule has 3 aromatic carbocycles. The number of ether oxygens (including phenoxy) is 2. The van der Waals surface area contributed by atoms with Gasteiger partial charge in [0.25, 0.3) is 0 Å². The molecule has 4 aromatic rings. The quantitative estimate of drug-likeness (QED) is 0.227. The first-order chi connectivity index (χ1) is 24.7. The summed E-state index contributed by atoms with van der Waals surface area (Å²) in [4.78, 5) is 21.8. The predicted octanol–water partition coefficient (Wildman–Crippen LogP) is 4.77. The molecule has 0 aliphatic carbocycles. The highest BCUT2D eigenvalue weighted by Crippen LogP contribution is 2.48. The number of para-hydroxylation sites is 2. The number of hydrogen-bond acceptors (Lipinski definition) is 9. The highest BCUT2D eigenvalue weighted by molar-refractivity contribution is 6.13. The van der Waals surface area contributed by atoms with E-state index in [0.717, 1.165) is 11.6 Å². The Bertz CT molecular complexity index is 1880. The van der Waals surface area contributed by atoms with Crippen molar-refractivity contribution < 1.29 is 28.2 Å². The van der Waals surface area contributed by atoms with E-state index in [1.807, 2.05) is 61.5 Å². The predicted molar refractivity (Wildman–Crippen MR) is 186 cm³/mol. The molecule has 268 valence electrons. The minimum absolute atomic E-state index is 0.0237. The summed E-state index contributed by atoms with van der Waals surface area (Å²) < 4.78 is 43.8. The smallest absolute Gasteiger partial charge is 0.453 e. The number of nitrogens with zero attached hydrogens (tertiary/aromatic N) is 7. The maximum Gasteiger partial charge on any atom is 0.453 e. The molecule has 7 rings (SSSR count). The lowest BCUT2D eigenvalue weighted by molar-refractivity contribution is -0.0204. The molecule has 3 aliphatic heterocycles. The number of benzene rings is 3. The Hall–Kier alpha value is -4.76. The van der Waals surface area contributed by atoms with Crippen LogP contribution in [0.2, 0.25) is 0 Å². The number of aliphatic hydroxyl groups excluding tert-OH is 1. The van der Waals surface area contributed by atoms with Gasteiger partial charge < -0.3 is 19.9 Å². The second-order valence-corrected chi connectivity index (χ2v) is 13.3. The number of aromatic nitrogens is 3. The number of hydrogen-bond donors (Lipinski definition) is 2. The van der Waals surface area contributed by atoms with E-state index in [0.29, 0.717) is 43.5 Å². The third-order valence-corrected chi connectivity index (χ3v) is 10.4. The van der Waals surface area contributed by atoms with E-state index < -0.39 is 35.4 Å². The molecule has 0 spiro atoms. The van der Waals surface area contributed by atoms with Crippen molar-refractivity contribution >= 4 is 17.7 Å². The zero-order valence-corrected chi connectivity index (χ0v) is 28.9. The van der Waals surface area contributed by atoms with E-state index in [2.05, 4.69) is 20.3 Å². The third kappa shape index (κ3) is 5.95. The summed E-state index contributed by atoms with van der Waals surface area (Å²) in [5, 5.41) is 25.4. The number of methoxy groups -OCH3 is 1. The number of urea groups is 1. The van der Waals surface area contributed by atoms with Gasteiger partial charge in [-0.15, -0.1) is 4.48 Å². The van der Waals surface area contributed by atoms with Gasteiger partial charge in [-0.05, 0) is 25.5 Å². The number of nitrogens with one attached hydrogen (secondary N) is 1. The van der Waals surface area contributed by atoms with Crippen molar-refractivity contribution in [1.82, 2.24) is 34.5 Å². The Balaban J connectivity index is 1.44. The van der Waals surface area contributed by atoms with Crippen LogP contribution < -0.4 is 14.5 Å². The van der Waals surface area contributed by atoms with Crippen LogP contribution in [0.3, 0.4) is 0 Å². The molecular formula is C37H43F2N8O4+. The highest BCUT2D eigenvalue weighted by Gasteiger charge is 2.66. The normalized spacial score (nSPS) is 26.3. The van der Waals surface area contributed by atoms with Crippen molar-refractivity contribution in [2.75, 3.05) is 33.4 Å². The van der Waals surface area contributed by atoms with Crippen LogP contribution in [0.4, 0.5) is 19.3 Å². The molecule has 2 N–H and O–H groups in total. The fraction of sp³-hybridized carbons (Fsp3) is 0.405. The zero-order chi connectivity index (χ0) is 35.8. The number of aliphatic hydroxyl groups is 1. The number of carbonyl (C=O) groups excluding carboxylic acids is 1. The molecule has 51 heavy (non-hydrogen) atoms. The largest absolute Gasteiger partial charge is 0.496 e. The number of halogens is 2. The maximum absolute atomic E-state index is 15.8. The van der Waals surface area contributed by atoms with Gasteiger partial charge in [0.2, 0.25) is 0 Å². The number of hydrazone groups is 1. The van der Waals surface area contributed by atoms with Gasteiger partial charge in [-0.25, -0.2) is 23.2 Å². The van der Waals surface area contributed by atoms with Crippen LogP contribution in [0, 0.1) is 11.6 Å². The van der Waals surface area contributed by atoms with Gasteiger partial charge in [0.15, 0.2) is 0 Å². The molecule has 0 radical (unpaired) electrons. The van der Waals surface area contributed by atoms with E-state index in [1.165, 1.54) is 29.8 Å². The molecular weight excluding hydrogens is 658 g/mol. The average Bonchev–Trinajstić information content (AvgIpc) is 3.88. The Morgan fingerprint density at radius 3 is 2.63 bits per heavy atom. The molecule has 2 saturated heterocycles. The molecule has 14 heteroatoms. The summed E-state index contributed by atoms with van der Waals surface area (Å²) >= 11 is 0. The van der Waals surface area contributed by atoms with Crippen molar-refractivity contribution in [3.63, 3.8) is 0 Å². The number of quaternary nitrogens is 1. The van der Waals surface area contributed by atoms with Gasteiger partial charge in [-0.3, -0.25) is 4.90 Å². The van der Waals surface area contributed by atoms with Crippen LogP contribution in [0.25, 0.3) is 0 Å². The Labute approximate surface area is 295 Å². The summed E-state index contributed by atoms with van der Waals surface area (Å²) in [7, 11) is 1.63. The molecule has 1 aromatic heterocycles. The van der Waals surface area contributed by atoms with E-state index in [4.69, 9.17) is 14.6 Å². The maximum atomic E-state index is 15.8. The standard InChI is InChI=1S/C37H43F2N8O4/c1-4-32(25(2)48)46-36(49)47(27-10-6-5-7-11-27,35(43-46)45-17-16-40-20-33(45)29-12-8-9-13-34(29)50-3)28-19-37(51-21-28,22-44-24-41-23-42-44)30-15-14-26(38)18-31(30)39/h5-15,18,23-25,28,32-33,40,48H,4,16-17,19-22H2,1-3H3/q+1/t25-,28?,32?,33?,37?,47?/m0/s1. The molecule has 5 unspecified atom stereocenters. The monoisotopic (exact) mass is 701 g/mol. The van der Waals surface area contributed by atoms with Gasteiger partial charge >= 0.3 is 12.0 Å². The first kappa shape index (κ1) is 34.7. The van der Waals surface area contributed by atoms with Gasteiger partial charge in [0.05, 0.1) is 31.8 Å². The summed E-state index contributed by atoms with van der Waals surface area (Å²) in [5.41, 5.74) is 0.367. The van der Waals surface area contributed by atoms with Crippen LogP contribution in [-0.4, -0.2) is 93.3 Å².